The molecule has 0 unspecified atom stereocenters. The summed E-state index contributed by atoms with van der Waals surface area (Å²) < 4.78 is 6.77. The van der Waals surface area contributed by atoms with Crippen molar-refractivity contribution in [2.45, 2.75) is 6.42 Å². The molecule has 1 aromatic heterocycles. The van der Waals surface area contributed by atoms with Crippen LogP contribution in [0.4, 0.5) is 5.69 Å². The maximum Gasteiger partial charge on any atom is 0.259 e. The monoisotopic (exact) mass is 400 g/mol. The van der Waals surface area contributed by atoms with Crippen molar-refractivity contribution in [2.75, 3.05) is 33.1 Å². The minimum Gasteiger partial charge on any atom is -0.496 e. The average Bonchev–Trinajstić information content (AvgIpc) is 3.21. The number of amides is 1. The second-order valence-corrected chi connectivity index (χ2v) is 6.87. The summed E-state index contributed by atoms with van der Waals surface area (Å²) in [6.45, 7) is 0.967. The molecule has 0 saturated carbocycles. The summed E-state index contributed by atoms with van der Waals surface area (Å²) in [6, 6.07) is 10.9. The van der Waals surface area contributed by atoms with Crippen LogP contribution in [0.5, 0.6) is 5.75 Å². The molecule has 2 aromatic carbocycles. The molecule has 1 amide bonds. The van der Waals surface area contributed by atoms with Crippen LogP contribution in [0.15, 0.2) is 42.7 Å². The first-order valence-corrected chi connectivity index (χ1v) is 9.01. The highest BCUT2D eigenvalue weighted by molar-refractivity contribution is 6.33. The summed E-state index contributed by atoms with van der Waals surface area (Å²) in [4.78, 5) is 14.9. The second-order valence-electron chi connectivity index (χ2n) is 6.46. The van der Waals surface area contributed by atoms with Crippen molar-refractivity contribution in [3.05, 3.63) is 58.9 Å². The Morgan fingerprint density at radius 2 is 2.00 bits per heavy atom. The lowest BCUT2D eigenvalue weighted by Gasteiger charge is -2.13. The summed E-state index contributed by atoms with van der Waals surface area (Å²) in [6.07, 6.45) is 2.36. The van der Waals surface area contributed by atoms with Crippen LogP contribution in [0.25, 0.3) is 5.69 Å². The van der Waals surface area contributed by atoms with Gasteiger partial charge in [-0.3, -0.25) is 4.79 Å². The number of carbonyl (C=O) groups is 1. The van der Waals surface area contributed by atoms with Crippen molar-refractivity contribution in [2.24, 2.45) is 0 Å². The third-order valence-electron chi connectivity index (χ3n) is 4.17. The number of rotatable bonds is 7. The minimum absolute atomic E-state index is 0.317. The first-order valence-electron chi connectivity index (χ1n) is 8.64. The summed E-state index contributed by atoms with van der Waals surface area (Å²) in [7, 11) is 5.57. The van der Waals surface area contributed by atoms with E-state index in [4.69, 9.17) is 16.3 Å². The predicted octanol–water partition coefficient (Wildman–Crippen LogP) is 2.68. The largest absolute Gasteiger partial charge is 0.496 e. The normalized spacial score (nSPS) is 10.9. The summed E-state index contributed by atoms with van der Waals surface area (Å²) in [5, 5.41) is 14.2. The minimum atomic E-state index is -0.317. The van der Waals surface area contributed by atoms with Gasteiger partial charge in [0.05, 0.1) is 23.4 Å². The van der Waals surface area contributed by atoms with Gasteiger partial charge in [-0.25, -0.2) is 0 Å². The number of aromatic nitrogens is 4. The van der Waals surface area contributed by atoms with E-state index in [1.165, 1.54) is 29.7 Å². The molecule has 9 heteroatoms. The van der Waals surface area contributed by atoms with Gasteiger partial charge in [-0.2, -0.15) is 4.68 Å². The van der Waals surface area contributed by atoms with Crippen molar-refractivity contribution in [3.8, 4) is 11.4 Å². The molecule has 0 aliphatic heterocycles. The molecule has 3 aromatic rings. The van der Waals surface area contributed by atoms with Crippen LogP contribution in [-0.2, 0) is 6.42 Å². The number of nitrogens with zero attached hydrogens (tertiary/aromatic N) is 5. The third kappa shape index (κ3) is 4.65. The zero-order chi connectivity index (χ0) is 20.1. The number of hydrogen-bond donors (Lipinski definition) is 1. The SMILES string of the molecule is COc1cc(-n2cnnn2)c(Cl)cc1C(=O)Nc1ccc(CCN(C)C)cc1. The molecule has 146 valence electrons. The molecule has 0 aliphatic carbocycles. The quantitative estimate of drug-likeness (QED) is 0.656. The average molecular weight is 401 g/mol. The molecule has 0 bridgehead atoms. The lowest BCUT2D eigenvalue weighted by Crippen LogP contribution is -2.15. The Hall–Kier alpha value is -2.97. The molecule has 0 fully saturated rings. The highest BCUT2D eigenvalue weighted by Crippen LogP contribution is 2.30. The standard InChI is InChI=1S/C19H21ClN6O2/c1-25(2)9-8-13-4-6-14(7-5-13)22-19(27)15-10-16(20)17(11-18(15)28-3)26-12-21-23-24-26/h4-7,10-12H,8-9H2,1-3H3,(H,22,27). The summed E-state index contributed by atoms with van der Waals surface area (Å²) >= 11 is 6.32. The van der Waals surface area contributed by atoms with E-state index in [0.29, 0.717) is 27.7 Å². The Bertz CT molecular complexity index is 942. The molecule has 1 heterocycles. The van der Waals surface area contributed by atoms with Crippen LogP contribution >= 0.6 is 11.6 Å². The van der Waals surface area contributed by atoms with Gasteiger partial charge in [0.2, 0.25) is 0 Å². The van der Waals surface area contributed by atoms with Crippen molar-refractivity contribution in [1.82, 2.24) is 25.1 Å². The van der Waals surface area contributed by atoms with E-state index in [-0.39, 0.29) is 5.91 Å². The first-order chi connectivity index (χ1) is 13.5. The van der Waals surface area contributed by atoms with E-state index in [1.54, 1.807) is 6.07 Å². The topological polar surface area (TPSA) is 85.2 Å². The van der Waals surface area contributed by atoms with Gasteiger partial charge < -0.3 is 15.0 Å². The van der Waals surface area contributed by atoms with Gasteiger partial charge >= 0.3 is 0 Å². The molecule has 8 nitrogen and oxygen atoms in total. The van der Waals surface area contributed by atoms with E-state index in [0.717, 1.165) is 13.0 Å². The number of benzene rings is 2. The molecular formula is C19H21ClN6O2. The van der Waals surface area contributed by atoms with Gasteiger partial charge in [-0.1, -0.05) is 23.7 Å². The van der Waals surface area contributed by atoms with Crippen LogP contribution < -0.4 is 10.1 Å². The Morgan fingerprint density at radius 3 is 2.61 bits per heavy atom. The van der Waals surface area contributed by atoms with Crippen molar-refractivity contribution >= 4 is 23.2 Å². The Kier molecular flexibility index (Phi) is 6.23. The van der Waals surface area contributed by atoms with E-state index in [2.05, 4.69) is 25.7 Å². The Labute approximate surface area is 168 Å². The highest BCUT2D eigenvalue weighted by Gasteiger charge is 2.17. The maximum atomic E-state index is 12.7. The van der Waals surface area contributed by atoms with Crippen LogP contribution in [0, 0.1) is 0 Å². The fourth-order valence-corrected chi connectivity index (χ4v) is 2.89. The summed E-state index contributed by atoms with van der Waals surface area (Å²) in [5.41, 5.74) is 2.74. The molecule has 1 N–H and O–H groups in total. The van der Waals surface area contributed by atoms with Crippen molar-refractivity contribution in [3.63, 3.8) is 0 Å². The fourth-order valence-electron chi connectivity index (χ4n) is 2.64. The van der Waals surface area contributed by atoms with Gasteiger partial charge in [0.15, 0.2) is 0 Å². The first kappa shape index (κ1) is 19.8. The van der Waals surface area contributed by atoms with Crippen molar-refractivity contribution < 1.29 is 9.53 Å². The van der Waals surface area contributed by atoms with Crippen LogP contribution in [0.3, 0.4) is 0 Å². The number of ether oxygens (including phenoxy) is 1. The van der Waals surface area contributed by atoms with Crippen LogP contribution in [0.2, 0.25) is 5.02 Å². The van der Waals surface area contributed by atoms with Gasteiger partial charge in [-0.15, -0.1) is 5.10 Å². The smallest absolute Gasteiger partial charge is 0.259 e. The fraction of sp³-hybridized carbons (Fsp3) is 0.263. The van der Waals surface area contributed by atoms with E-state index < -0.39 is 0 Å². The Morgan fingerprint density at radius 1 is 1.25 bits per heavy atom. The molecular weight excluding hydrogens is 380 g/mol. The lowest BCUT2D eigenvalue weighted by molar-refractivity contribution is 0.102. The number of anilines is 1. The van der Waals surface area contributed by atoms with E-state index in [9.17, 15) is 4.79 Å². The predicted molar refractivity (Wildman–Crippen MR) is 107 cm³/mol. The number of halogens is 1. The third-order valence-corrected chi connectivity index (χ3v) is 4.47. The van der Waals surface area contributed by atoms with Crippen LogP contribution in [-0.4, -0.2) is 58.8 Å². The molecule has 0 radical (unpaired) electrons. The molecule has 0 saturated heterocycles. The van der Waals surface area contributed by atoms with Gasteiger partial charge in [-0.05, 0) is 54.7 Å². The number of tetrazole rings is 1. The number of carbonyl (C=O) groups excluding carboxylic acids is 1. The molecule has 0 atom stereocenters. The highest BCUT2D eigenvalue weighted by atomic mass is 35.5. The summed E-state index contributed by atoms with van der Waals surface area (Å²) in [5.74, 6) is 0.0538. The van der Waals surface area contributed by atoms with Crippen molar-refractivity contribution in [1.29, 1.82) is 0 Å². The van der Waals surface area contributed by atoms with E-state index >= 15 is 0 Å². The molecule has 0 spiro atoms. The number of likely N-dealkylation sites (N-methyl/N-ethyl adjacent to an activating group) is 1. The van der Waals surface area contributed by atoms with Gasteiger partial charge in [0.1, 0.15) is 12.1 Å². The van der Waals surface area contributed by atoms with Crippen LogP contribution in [0.1, 0.15) is 15.9 Å². The number of hydrogen-bond acceptors (Lipinski definition) is 6. The zero-order valence-electron chi connectivity index (χ0n) is 15.9. The maximum absolute atomic E-state index is 12.7. The van der Waals surface area contributed by atoms with Gasteiger partial charge in [0, 0.05) is 18.3 Å². The van der Waals surface area contributed by atoms with Gasteiger partial charge in [0.25, 0.3) is 5.91 Å². The Balaban J connectivity index is 1.78. The molecule has 28 heavy (non-hydrogen) atoms. The molecule has 3 rings (SSSR count). The molecule has 0 aliphatic rings. The second kappa shape index (κ2) is 8.81. The lowest BCUT2D eigenvalue weighted by atomic mass is 10.1. The zero-order valence-corrected chi connectivity index (χ0v) is 16.6. The van der Waals surface area contributed by atoms with E-state index in [1.807, 2.05) is 38.4 Å². The number of methoxy groups -OCH3 is 1. The number of nitrogens with one attached hydrogen (secondary N) is 1.